The number of aromatic nitrogens is 3. The van der Waals surface area contributed by atoms with Crippen LogP contribution in [0.1, 0.15) is 32.6 Å². The predicted octanol–water partition coefficient (Wildman–Crippen LogP) is 4.54. The standard InChI is InChI=1S/C20H23N5/c1-2-16-9-3-4-12-25(16)19-13-18(22-14-23-19)24-17-10-5-7-15-8-6-11-21-20(15)17/h5-8,10-11,13-14,16H,2-4,9,12H2,1H3,(H,22,23,24). The minimum Gasteiger partial charge on any atom is -0.353 e. The molecule has 1 unspecified atom stereocenters. The third kappa shape index (κ3) is 3.27. The van der Waals surface area contributed by atoms with Crippen molar-refractivity contribution in [2.24, 2.45) is 0 Å². The zero-order valence-corrected chi connectivity index (χ0v) is 14.5. The summed E-state index contributed by atoms with van der Waals surface area (Å²) < 4.78 is 0. The second kappa shape index (κ2) is 7.05. The second-order valence-corrected chi connectivity index (χ2v) is 6.52. The summed E-state index contributed by atoms with van der Waals surface area (Å²) in [7, 11) is 0. The van der Waals surface area contributed by atoms with Crippen molar-refractivity contribution in [1.29, 1.82) is 0 Å². The highest BCUT2D eigenvalue weighted by molar-refractivity contribution is 5.91. The molecule has 1 aliphatic rings. The SMILES string of the molecule is CCC1CCCCN1c1cc(Nc2cccc3cccnc23)ncn1. The summed E-state index contributed by atoms with van der Waals surface area (Å²) in [5.41, 5.74) is 1.92. The van der Waals surface area contributed by atoms with Crippen LogP contribution in [0.5, 0.6) is 0 Å². The maximum atomic E-state index is 4.52. The molecule has 0 amide bonds. The van der Waals surface area contributed by atoms with Gasteiger partial charge in [-0.05, 0) is 37.8 Å². The van der Waals surface area contributed by atoms with Gasteiger partial charge in [0, 0.05) is 30.2 Å². The van der Waals surface area contributed by atoms with Gasteiger partial charge in [-0.25, -0.2) is 9.97 Å². The highest BCUT2D eigenvalue weighted by Gasteiger charge is 2.22. The van der Waals surface area contributed by atoms with Crippen molar-refractivity contribution in [3.8, 4) is 0 Å². The summed E-state index contributed by atoms with van der Waals surface area (Å²) >= 11 is 0. The van der Waals surface area contributed by atoms with E-state index in [4.69, 9.17) is 0 Å². The molecule has 0 aliphatic carbocycles. The summed E-state index contributed by atoms with van der Waals surface area (Å²) in [4.78, 5) is 15.9. The molecule has 3 heterocycles. The molecule has 128 valence electrons. The lowest BCUT2D eigenvalue weighted by atomic mass is 10.0. The maximum Gasteiger partial charge on any atom is 0.135 e. The Hall–Kier alpha value is -2.69. The predicted molar refractivity (Wildman–Crippen MR) is 102 cm³/mol. The molecule has 1 aromatic carbocycles. The zero-order valence-electron chi connectivity index (χ0n) is 14.5. The molecule has 0 spiro atoms. The van der Waals surface area contributed by atoms with E-state index in [0.29, 0.717) is 6.04 Å². The third-order valence-corrected chi connectivity index (χ3v) is 4.94. The fraction of sp³-hybridized carbons (Fsp3) is 0.350. The van der Waals surface area contributed by atoms with Gasteiger partial charge < -0.3 is 10.2 Å². The van der Waals surface area contributed by atoms with Gasteiger partial charge in [0.25, 0.3) is 0 Å². The Balaban J connectivity index is 1.63. The minimum atomic E-state index is 0.579. The highest BCUT2D eigenvalue weighted by Crippen LogP contribution is 2.28. The van der Waals surface area contributed by atoms with Crippen LogP contribution in [0.15, 0.2) is 48.9 Å². The largest absolute Gasteiger partial charge is 0.353 e. The number of anilines is 3. The van der Waals surface area contributed by atoms with E-state index in [9.17, 15) is 0 Å². The minimum absolute atomic E-state index is 0.579. The number of piperidine rings is 1. The van der Waals surface area contributed by atoms with Gasteiger partial charge >= 0.3 is 0 Å². The number of nitrogens with zero attached hydrogens (tertiary/aromatic N) is 4. The molecule has 4 rings (SSSR count). The van der Waals surface area contributed by atoms with Crippen LogP contribution in [0.25, 0.3) is 10.9 Å². The molecule has 1 saturated heterocycles. The van der Waals surface area contributed by atoms with E-state index >= 15 is 0 Å². The van der Waals surface area contributed by atoms with Gasteiger partial charge in [0.2, 0.25) is 0 Å². The molecule has 1 N–H and O–H groups in total. The molecule has 0 radical (unpaired) electrons. The van der Waals surface area contributed by atoms with Gasteiger partial charge in [-0.1, -0.05) is 25.1 Å². The molecule has 25 heavy (non-hydrogen) atoms. The topological polar surface area (TPSA) is 53.9 Å². The fourth-order valence-corrected chi connectivity index (χ4v) is 3.64. The number of benzene rings is 1. The summed E-state index contributed by atoms with van der Waals surface area (Å²) in [6.07, 6.45) is 8.41. The van der Waals surface area contributed by atoms with Crippen LogP contribution in [-0.4, -0.2) is 27.5 Å². The average molecular weight is 333 g/mol. The van der Waals surface area contributed by atoms with Crippen LogP contribution < -0.4 is 10.2 Å². The van der Waals surface area contributed by atoms with E-state index in [2.05, 4.69) is 50.3 Å². The smallest absolute Gasteiger partial charge is 0.135 e. The van der Waals surface area contributed by atoms with Crippen LogP contribution in [0.2, 0.25) is 0 Å². The van der Waals surface area contributed by atoms with Crippen molar-refractivity contribution in [3.63, 3.8) is 0 Å². The van der Waals surface area contributed by atoms with E-state index in [1.807, 2.05) is 24.4 Å². The van der Waals surface area contributed by atoms with Gasteiger partial charge in [0.05, 0.1) is 11.2 Å². The van der Waals surface area contributed by atoms with Gasteiger partial charge in [0.1, 0.15) is 18.0 Å². The van der Waals surface area contributed by atoms with Gasteiger partial charge in [-0.3, -0.25) is 4.98 Å². The van der Waals surface area contributed by atoms with Gasteiger partial charge in [-0.2, -0.15) is 0 Å². The first-order valence-electron chi connectivity index (χ1n) is 9.04. The molecule has 2 aromatic heterocycles. The first-order chi connectivity index (χ1) is 12.3. The molecule has 0 saturated carbocycles. The van der Waals surface area contributed by atoms with Crippen molar-refractivity contribution in [1.82, 2.24) is 15.0 Å². The summed E-state index contributed by atoms with van der Waals surface area (Å²) in [5, 5.41) is 4.53. The summed E-state index contributed by atoms with van der Waals surface area (Å²) in [6.45, 7) is 3.33. The molecule has 0 bridgehead atoms. The number of nitrogens with one attached hydrogen (secondary N) is 1. The van der Waals surface area contributed by atoms with Crippen molar-refractivity contribution >= 4 is 28.2 Å². The molecule has 5 nitrogen and oxygen atoms in total. The van der Waals surface area contributed by atoms with Crippen LogP contribution in [-0.2, 0) is 0 Å². The van der Waals surface area contributed by atoms with Crippen molar-refractivity contribution in [2.75, 3.05) is 16.8 Å². The average Bonchev–Trinajstić information content (AvgIpc) is 2.68. The quantitative estimate of drug-likeness (QED) is 0.760. The first-order valence-corrected chi connectivity index (χ1v) is 9.04. The Morgan fingerprint density at radius 3 is 2.96 bits per heavy atom. The summed E-state index contributed by atoms with van der Waals surface area (Å²) in [6, 6.07) is 12.8. The van der Waals surface area contributed by atoms with Crippen LogP contribution in [0, 0.1) is 0 Å². The van der Waals surface area contributed by atoms with E-state index in [-0.39, 0.29) is 0 Å². The van der Waals surface area contributed by atoms with Crippen molar-refractivity contribution < 1.29 is 0 Å². The molecule has 5 heteroatoms. The molecule has 1 fully saturated rings. The molecule has 1 aliphatic heterocycles. The summed E-state index contributed by atoms with van der Waals surface area (Å²) in [5.74, 6) is 1.82. The van der Waals surface area contributed by atoms with Crippen LogP contribution in [0.4, 0.5) is 17.3 Å². The highest BCUT2D eigenvalue weighted by atomic mass is 15.2. The first kappa shape index (κ1) is 15.8. The maximum absolute atomic E-state index is 4.52. The normalized spacial score (nSPS) is 17.6. The number of fused-ring (bicyclic) bond motifs is 1. The Labute approximate surface area is 148 Å². The molecular formula is C20H23N5. The third-order valence-electron chi connectivity index (χ3n) is 4.94. The van der Waals surface area contributed by atoms with Crippen LogP contribution >= 0.6 is 0 Å². The fourth-order valence-electron chi connectivity index (χ4n) is 3.64. The lowest BCUT2D eigenvalue weighted by Crippen LogP contribution is -2.39. The number of rotatable bonds is 4. The second-order valence-electron chi connectivity index (χ2n) is 6.52. The van der Waals surface area contributed by atoms with Crippen molar-refractivity contribution in [3.05, 3.63) is 48.9 Å². The van der Waals surface area contributed by atoms with E-state index in [1.165, 1.54) is 19.3 Å². The molecule has 1 atom stereocenters. The van der Waals surface area contributed by atoms with Gasteiger partial charge in [0.15, 0.2) is 0 Å². The van der Waals surface area contributed by atoms with E-state index in [1.54, 1.807) is 6.33 Å². The van der Waals surface area contributed by atoms with E-state index < -0.39 is 0 Å². The van der Waals surface area contributed by atoms with Crippen molar-refractivity contribution in [2.45, 2.75) is 38.6 Å². The number of hydrogen-bond acceptors (Lipinski definition) is 5. The van der Waals surface area contributed by atoms with E-state index in [0.717, 1.165) is 41.2 Å². The Morgan fingerprint density at radius 1 is 1.12 bits per heavy atom. The zero-order chi connectivity index (χ0) is 17.1. The lowest BCUT2D eigenvalue weighted by Gasteiger charge is -2.36. The molecular weight excluding hydrogens is 310 g/mol. The van der Waals surface area contributed by atoms with Gasteiger partial charge in [-0.15, -0.1) is 0 Å². The monoisotopic (exact) mass is 333 g/mol. The number of pyridine rings is 1. The Bertz CT molecular complexity index is 858. The molecule has 3 aromatic rings. The Kier molecular flexibility index (Phi) is 4.46. The number of para-hydroxylation sites is 1. The Morgan fingerprint density at radius 2 is 2.04 bits per heavy atom. The number of hydrogen-bond donors (Lipinski definition) is 1. The lowest BCUT2D eigenvalue weighted by molar-refractivity contribution is 0.446. The van der Waals surface area contributed by atoms with Crippen LogP contribution in [0.3, 0.4) is 0 Å².